The van der Waals surface area contributed by atoms with Gasteiger partial charge in [-0.1, -0.05) is 11.6 Å². The van der Waals surface area contributed by atoms with Crippen LogP contribution >= 0.6 is 23.8 Å². The average molecular weight is 496 g/mol. The van der Waals surface area contributed by atoms with Crippen molar-refractivity contribution in [3.05, 3.63) is 34.9 Å². The van der Waals surface area contributed by atoms with Gasteiger partial charge in [-0.3, -0.25) is 4.90 Å². The summed E-state index contributed by atoms with van der Waals surface area (Å²) in [4.78, 5) is 4.51. The minimum Gasteiger partial charge on any atom is -0.495 e. The standard InChI is InChI=1S/C23H30ClN3O5S/c1-28-18-13-17(19(29-2)12-16(18)24)25-23(33)27-8-6-26(7-9-27)14-15-10-20(30-3)22(32-5)21(11-15)31-4/h10-13H,6-9,14H2,1-5H3,(H,25,33). The summed E-state index contributed by atoms with van der Waals surface area (Å²) in [6, 6.07) is 7.47. The zero-order valence-corrected chi connectivity index (χ0v) is 21.1. The molecule has 1 saturated heterocycles. The van der Waals surface area contributed by atoms with Gasteiger partial charge in [-0.15, -0.1) is 0 Å². The van der Waals surface area contributed by atoms with Crippen molar-refractivity contribution in [1.29, 1.82) is 0 Å². The zero-order valence-electron chi connectivity index (χ0n) is 19.6. The summed E-state index contributed by atoms with van der Waals surface area (Å²) in [6.07, 6.45) is 0. The molecule has 0 saturated carbocycles. The van der Waals surface area contributed by atoms with Crippen LogP contribution in [0, 0.1) is 0 Å². The quantitative estimate of drug-likeness (QED) is 0.549. The third kappa shape index (κ3) is 5.85. The van der Waals surface area contributed by atoms with Gasteiger partial charge in [0, 0.05) is 44.9 Å². The van der Waals surface area contributed by atoms with Crippen LogP contribution in [0.4, 0.5) is 5.69 Å². The lowest BCUT2D eigenvalue weighted by atomic mass is 10.1. The van der Waals surface area contributed by atoms with Crippen LogP contribution < -0.4 is 29.0 Å². The first kappa shape index (κ1) is 25.0. The minimum absolute atomic E-state index is 0.478. The van der Waals surface area contributed by atoms with Crippen molar-refractivity contribution >= 4 is 34.6 Å². The minimum atomic E-state index is 0.478. The molecule has 0 amide bonds. The number of benzene rings is 2. The van der Waals surface area contributed by atoms with E-state index in [2.05, 4.69) is 15.1 Å². The highest BCUT2D eigenvalue weighted by molar-refractivity contribution is 7.80. The summed E-state index contributed by atoms with van der Waals surface area (Å²) in [5.74, 6) is 3.06. The maximum atomic E-state index is 6.20. The monoisotopic (exact) mass is 495 g/mol. The fourth-order valence-corrected chi connectivity index (χ4v) is 4.27. The molecule has 0 radical (unpaired) electrons. The van der Waals surface area contributed by atoms with E-state index in [9.17, 15) is 0 Å². The SMILES string of the molecule is COc1cc(NC(=S)N2CCN(Cc3cc(OC)c(OC)c(OC)c3)CC2)c(OC)cc1Cl. The van der Waals surface area contributed by atoms with Gasteiger partial charge in [0.2, 0.25) is 5.75 Å². The Kier molecular flexibility index (Phi) is 8.71. The zero-order chi connectivity index (χ0) is 24.0. The predicted octanol–water partition coefficient (Wildman–Crippen LogP) is 3.90. The molecule has 33 heavy (non-hydrogen) atoms. The Bertz CT molecular complexity index is 958. The van der Waals surface area contributed by atoms with Gasteiger partial charge in [-0.05, 0) is 29.9 Å². The van der Waals surface area contributed by atoms with E-state index in [0.29, 0.717) is 44.6 Å². The predicted molar refractivity (Wildman–Crippen MR) is 134 cm³/mol. The van der Waals surface area contributed by atoms with Gasteiger partial charge in [0.25, 0.3) is 0 Å². The van der Waals surface area contributed by atoms with Crippen molar-refractivity contribution in [3.63, 3.8) is 0 Å². The Morgan fingerprint density at radius 2 is 1.39 bits per heavy atom. The molecule has 10 heteroatoms. The first-order valence-electron chi connectivity index (χ1n) is 10.4. The lowest BCUT2D eigenvalue weighted by molar-refractivity contribution is 0.176. The van der Waals surface area contributed by atoms with Gasteiger partial charge in [0.1, 0.15) is 11.5 Å². The van der Waals surface area contributed by atoms with Gasteiger partial charge in [0.15, 0.2) is 16.6 Å². The molecule has 0 spiro atoms. The second-order valence-electron chi connectivity index (χ2n) is 7.41. The van der Waals surface area contributed by atoms with Crippen molar-refractivity contribution in [2.45, 2.75) is 6.54 Å². The van der Waals surface area contributed by atoms with Crippen molar-refractivity contribution in [3.8, 4) is 28.7 Å². The third-order valence-corrected chi connectivity index (χ3v) is 6.16. The summed E-state index contributed by atoms with van der Waals surface area (Å²) in [5.41, 5.74) is 1.81. The molecule has 1 N–H and O–H groups in total. The van der Waals surface area contributed by atoms with Crippen LogP contribution in [0.5, 0.6) is 28.7 Å². The lowest BCUT2D eigenvalue weighted by Crippen LogP contribution is -2.49. The van der Waals surface area contributed by atoms with E-state index >= 15 is 0 Å². The second kappa shape index (κ2) is 11.5. The molecule has 0 unspecified atom stereocenters. The molecule has 2 aromatic carbocycles. The van der Waals surface area contributed by atoms with Gasteiger partial charge < -0.3 is 33.9 Å². The topological polar surface area (TPSA) is 64.7 Å². The van der Waals surface area contributed by atoms with E-state index in [4.69, 9.17) is 47.5 Å². The van der Waals surface area contributed by atoms with E-state index < -0.39 is 0 Å². The summed E-state index contributed by atoms with van der Waals surface area (Å²) in [6.45, 7) is 4.08. The van der Waals surface area contributed by atoms with Crippen LogP contribution in [0.1, 0.15) is 5.56 Å². The molecule has 1 aliphatic rings. The summed E-state index contributed by atoms with van der Waals surface area (Å²) >= 11 is 11.9. The number of rotatable bonds is 8. The van der Waals surface area contributed by atoms with Crippen LogP contribution in [0.25, 0.3) is 0 Å². The second-order valence-corrected chi connectivity index (χ2v) is 8.21. The Morgan fingerprint density at radius 3 is 1.91 bits per heavy atom. The number of nitrogens with zero attached hydrogens (tertiary/aromatic N) is 2. The molecule has 2 aromatic rings. The molecule has 8 nitrogen and oxygen atoms in total. The van der Waals surface area contributed by atoms with E-state index in [1.165, 1.54) is 0 Å². The maximum absolute atomic E-state index is 6.20. The molecular weight excluding hydrogens is 466 g/mol. The van der Waals surface area contributed by atoms with Crippen LogP contribution in [0.3, 0.4) is 0 Å². The average Bonchev–Trinajstić information content (AvgIpc) is 2.84. The maximum Gasteiger partial charge on any atom is 0.203 e. The molecule has 0 atom stereocenters. The van der Waals surface area contributed by atoms with Crippen LogP contribution in [0.15, 0.2) is 24.3 Å². The largest absolute Gasteiger partial charge is 0.495 e. The van der Waals surface area contributed by atoms with Crippen molar-refractivity contribution in [2.75, 3.05) is 67.0 Å². The molecular formula is C23H30ClN3O5S. The lowest BCUT2D eigenvalue weighted by Gasteiger charge is -2.36. The number of halogens is 1. The smallest absolute Gasteiger partial charge is 0.203 e. The number of anilines is 1. The molecule has 0 bridgehead atoms. The number of hydrogen-bond donors (Lipinski definition) is 1. The van der Waals surface area contributed by atoms with Crippen LogP contribution in [0.2, 0.25) is 5.02 Å². The van der Waals surface area contributed by atoms with Gasteiger partial charge >= 0.3 is 0 Å². The van der Waals surface area contributed by atoms with Gasteiger partial charge in [-0.2, -0.15) is 0 Å². The molecule has 1 heterocycles. The Labute approximate surface area is 205 Å². The summed E-state index contributed by atoms with van der Waals surface area (Å²) < 4.78 is 27.1. The first-order chi connectivity index (χ1) is 15.9. The molecule has 1 fully saturated rings. The molecule has 0 aromatic heterocycles. The fraction of sp³-hybridized carbons (Fsp3) is 0.435. The third-order valence-electron chi connectivity index (χ3n) is 5.51. The number of methoxy groups -OCH3 is 5. The Morgan fingerprint density at radius 1 is 0.818 bits per heavy atom. The molecule has 0 aliphatic carbocycles. The highest BCUT2D eigenvalue weighted by Crippen LogP contribution is 2.39. The summed E-state index contributed by atoms with van der Waals surface area (Å²) in [7, 11) is 8.02. The fourth-order valence-electron chi connectivity index (χ4n) is 3.75. The summed E-state index contributed by atoms with van der Waals surface area (Å²) in [5, 5.41) is 4.38. The van der Waals surface area contributed by atoms with E-state index in [1.54, 1.807) is 47.7 Å². The number of hydrogen-bond acceptors (Lipinski definition) is 7. The number of piperazine rings is 1. The molecule has 3 rings (SSSR count). The normalized spacial score (nSPS) is 13.9. The number of ether oxygens (including phenoxy) is 5. The number of thiocarbonyl (C=S) groups is 1. The van der Waals surface area contributed by atoms with Crippen molar-refractivity contribution < 1.29 is 23.7 Å². The van der Waals surface area contributed by atoms with Crippen LogP contribution in [-0.4, -0.2) is 76.6 Å². The van der Waals surface area contributed by atoms with Crippen LogP contribution in [-0.2, 0) is 6.54 Å². The van der Waals surface area contributed by atoms with Crippen molar-refractivity contribution in [1.82, 2.24) is 9.80 Å². The van der Waals surface area contributed by atoms with E-state index in [1.807, 2.05) is 12.1 Å². The molecule has 180 valence electrons. The van der Waals surface area contributed by atoms with E-state index in [0.717, 1.165) is 38.3 Å². The Hall–Kier alpha value is -2.62. The van der Waals surface area contributed by atoms with Gasteiger partial charge in [-0.25, -0.2) is 0 Å². The molecule has 1 aliphatic heterocycles. The number of nitrogens with one attached hydrogen (secondary N) is 1. The first-order valence-corrected chi connectivity index (χ1v) is 11.2. The van der Waals surface area contributed by atoms with Crippen molar-refractivity contribution in [2.24, 2.45) is 0 Å². The Balaban J connectivity index is 1.62. The highest BCUT2D eigenvalue weighted by Gasteiger charge is 2.22. The van der Waals surface area contributed by atoms with Gasteiger partial charge in [0.05, 0.1) is 46.3 Å². The highest BCUT2D eigenvalue weighted by atomic mass is 35.5. The van der Waals surface area contributed by atoms with E-state index in [-0.39, 0.29) is 0 Å².